The molecule has 0 amide bonds. The molecule has 1 spiro atoms. The molecule has 3 aliphatic carbocycles. The normalized spacial score (nSPS) is 41.6. The lowest BCUT2D eigenvalue weighted by atomic mass is 9.54. The number of rotatable bonds is 3. The second-order valence-electron chi connectivity index (χ2n) is 6.29. The zero-order chi connectivity index (χ0) is 9.76. The van der Waals surface area contributed by atoms with Crippen LogP contribution in [0.5, 0.6) is 0 Å². The number of nitrogens with one attached hydrogen (secondary N) is 1. The Morgan fingerprint density at radius 3 is 2.36 bits per heavy atom. The fourth-order valence-corrected chi connectivity index (χ4v) is 3.73. The highest BCUT2D eigenvalue weighted by Gasteiger charge is 2.49. The number of hydrogen-bond donors (Lipinski definition) is 1. The van der Waals surface area contributed by atoms with E-state index in [2.05, 4.69) is 19.2 Å². The summed E-state index contributed by atoms with van der Waals surface area (Å²) in [4.78, 5) is 0. The van der Waals surface area contributed by atoms with E-state index in [-0.39, 0.29) is 0 Å². The van der Waals surface area contributed by atoms with E-state index >= 15 is 0 Å². The van der Waals surface area contributed by atoms with Gasteiger partial charge in [-0.15, -0.1) is 0 Å². The van der Waals surface area contributed by atoms with Gasteiger partial charge in [-0.1, -0.05) is 13.3 Å². The molecule has 0 aromatic carbocycles. The highest BCUT2D eigenvalue weighted by molar-refractivity contribution is 5.04. The molecule has 0 aromatic heterocycles. The van der Waals surface area contributed by atoms with Gasteiger partial charge in [0, 0.05) is 12.1 Å². The summed E-state index contributed by atoms with van der Waals surface area (Å²) >= 11 is 0. The van der Waals surface area contributed by atoms with E-state index in [4.69, 9.17) is 0 Å². The molecule has 1 heteroatoms. The Morgan fingerprint density at radius 2 is 1.93 bits per heavy atom. The Bertz CT molecular complexity index is 223. The second-order valence-corrected chi connectivity index (χ2v) is 6.29. The van der Waals surface area contributed by atoms with Gasteiger partial charge < -0.3 is 5.32 Å². The molecular formula is C13H23N. The molecule has 0 heterocycles. The summed E-state index contributed by atoms with van der Waals surface area (Å²) in [6, 6.07) is 1.66. The van der Waals surface area contributed by atoms with E-state index in [0.717, 1.165) is 29.3 Å². The summed E-state index contributed by atoms with van der Waals surface area (Å²) in [7, 11) is 0. The lowest BCUT2D eigenvalue weighted by molar-refractivity contribution is -0.00645. The van der Waals surface area contributed by atoms with Crippen LogP contribution in [0, 0.1) is 17.3 Å². The first-order valence-corrected chi connectivity index (χ1v) is 6.45. The van der Waals surface area contributed by atoms with E-state index in [0.29, 0.717) is 0 Å². The van der Waals surface area contributed by atoms with Crippen molar-refractivity contribution >= 4 is 0 Å². The van der Waals surface area contributed by atoms with Crippen molar-refractivity contribution in [3.05, 3.63) is 0 Å². The first kappa shape index (κ1) is 9.21. The fourth-order valence-electron chi connectivity index (χ4n) is 3.73. The Labute approximate surface area is 87.7 Å². The molecule has 3 saturated carbocycles. The zero-order valence-electron chi connectivity index (χ0n) is 9.55. The van der Waals surface area contributed by atoms with Gasteiger partial charge in [0.2, 0.25) is 0 Å². The molecule has 0 radical (unpaired) electrons. The van der Waals surface area contributed by atoms with Gasteiger partial charge in [-0.3, -0.25) is 0 Å². The molecule has 14 heavy (non-hydrogen) atoms. The second kappa shape index (κ2) is 2.98. The molecule has 3 aliphatic rings. The molecule has 1 nitrogen and oxygen atoms in total. The molecule has 3 rings (SSSR count). The first-order chi connectivity index (χ1) is 6.69. The molecular weight excluding hydrogens is 170 g/mol. The van der Waals surface area contributed by atoms with Crippen molar-refractivity contribution in [1.29, 1.82) is 0 Å². The minimum absolute atomic E-state index is 0.785. The third-order valence-electron chi connectivity index (χ3n) is 5.09. The van der Waals surface area contributed by atoms with Crippen LogP contribution in [0.3, 0.4) is 0 Å². The topological polar surface area (TPSA) is 12.0 Å². The predicted molar refractivity (Wildman–Crippen MR) is 59.2 cm³/mol. The standard InChI is InChI=1S/C13H23N/c1-9-6-12(9)10(2)14-11-7-13(8-11)4-3-5-13/h9-12,14H,3-8H2,1-2H3. The zero-order valence-corrected chi connectivity index (χ0v) is 9.55. The quantitative estimate of drug-likeness (QED) is 0.726. The van der Waals surface area contributed by atoms with E-state index in [1.807, 2.05) is 0 Å². The van der Waals surface area contributed by atoms with Crippen LogP contribution in [0.2, 0.25) is 0 Å². The van der Waals surface area contributed by atoms with Crippen LogP contribution in [0.15, 0.2) is 0 Å². The third kappa shape index (κ3) is 1.41. The van der Waals surface area contributed by atoms with Gasteiger partial charge in [0.1, 0.15) is 0 Å². The van der Waals surface area contributed by atoms with Gasteiger partial charge in [-0.2, -0.15) is 0 Å². The van der Waals surface area contributed by atoms with Crippen LogP contribution in [0.25, 0.3) is 0 Å². The lowest BCUT2D eigenvalue weighted by Crippen LogP contribution is -2.54. The average molecular weight is 193 g/mol. The molecule has 3 unspecified atom stereocenters. The fraction of sp³-hybridized carbons (Fsp3) is 1.00. The minimum Gasteiger partial charge on any atom is -0.311 e. The molecule has 3 atom stereocenters. The lowest BCUT2D eigenvalue weighted by Gasteiger charge is -2.55. The van der Waals surface area contributed by atoms with Crippen LogP contribution in [-0.4, -0.2) is 12.1 Å². The van der Waals surface area contributed by atoms with Gasteiger partial charge in [-0.25, -0.2) is 0 Å². The molecule has 0 aliphatic heterocycles. The van der Waals surface area contributed by atoms with E-state index in [9.17, 15) is 0 Å². The monoisotopic (exact) mass is 193 g/mol. The summed E-state index contributed by atoms with van der Waals surface area (Å²) in [5.74, 6) is 1.99. The number of hydrogen-bond acceptors (Lipinski definition) is 1. The van der Waals surface area contributed by atoms with E-state index in [1.54, 1.807) is 0 Å². The van der Waals surface area contributed by atoms with Crippen LogP contribution in [0.4, 0.5) is 0 Å². The van der Waals surface area contributed by atoms with E-state index in [1.165, 1.54) is 38.5 Å². The largest absolute Gasteiger partial charge is 0.311 e. The third-order valence-corrected chi connectivity index (χ3v) is 5.09. The van der Waals surface area contributed by atoms with Crippen LogP contribution in [-0.2, 0) is 0 Å². The molecule has 0 bridgehead atoms. The van der Waals surface area contributed by atoms with Gasteiger partial charge >= 0.3 is 0 Å². The molecule has 0 saturated heterocycles. The van der Waals surface area contributed by atoms with E-state index < -0.39 is 0 Å². The van der Waals surface area contributed by atoms with Crippen molar-refractivity contribution in [1.82, 2.24) is 5.32 Å². The van der Waals surface area contributed by atoms with Crippen molar-refractivity contribution in [3.8, 4) is 0 Å². The van der Waals surface area contributed by atoms with Crippen molar-refractivity contribution < 1.29 is 0 Å². The van der Waals surface area contributed by atoms with Gasteiger partial charge in [0.15, 0.2) is 0 Å². The predicted octanol–water partition coefficient (Wildman–Crippen LogP) is 2.95. The summed E-state index contributed by atoms with van der Waals surface area (Å²) < 4.78 is 0. The molecule has 1 N–H and O–H groups in total. The summed E-state index contributed by atoms with van der Waals surface area (Å²) in [6.07, 6.45) is 8.99. The molecule has 3 fully saturated rings. The van der Waals surface area contributed by atoms with Crippen molar-refractivity contribution in [2.24, 2.45) is 17.3 Å². The Morgan fingerprint density at radius 1 is 1.29 bits per heavy atom. The van der Waals surface area contributed by atoms with Crippen molar-refractivity contribution in [2.45, 2.75) is 64.5 Å². The summed E-state index contributed by atoms with van der Waals surface area (Å²) in [5.41, 5.74) is 0.840. The van der Waals surface area contributed by atoms with Gasteiger partial charge in [0.05, 0.1) is 0 Å². The van der Waals surface area contributed by atoms with Crippen LogP contribution >= 0.6 is 0 Å². The Hall–Kier alpha value is -0.0400. The maximum atomic E-state index is 3.83. The summed E-state index contributed by atoms with van der Waals surface area (Å²) in [5, 5.41) is 3.83. The maximum Gasteiger partial charge on any atom is 0.00802 e. The first-order valence-electron chi connectivity index (χ1n) is 6.45. The maximum absolute atomic E-state index is 3.83. The van der Waals surface area contributed by atoms with Crippen molar-refractivity contribution in [2.75, 3.05) is 0 Å². The van der Waals surface area contributed by atoms with Crippen LogP contribution < -0.4 is 5.32 Å². The minimum atomic E-state index is 0.785. The smallest absolute Gasteiger partial charge is 0.00802 e. The van der Waals surface area contributed by atoms with Gasteiger partial charge in [-0.05, 0) is 56.3 Å². The van der Waals surface area contributed by atoms with Gasteiger partial charge in [0.25, 0.3) is 0 Å². The van der Waals surface area contributed by atoms with Crippen molar-refractivity contribution in [3.63, 3.8) is 0 Å². The average Bonchev–Trinajstić information content (AvgIpc) is 2.70. The Balaban J connectivity index is 1.42. The molecule has 0 aromatic rings. The highest BCUT2D eigenvalue weighted by Crippen LogP contribution is 2.56. The summed E-state index contributed by atoms with van der Waals surface area (Å²) in [6.45, 7) is 4.77. The van der Waals surface area contributed by atoms with Crippen LogP contribution in [0.1, 0.15) is 52.4 Å². The Kier molecular flexibility index (Phi) is 1.96. The SMILES string of the molecule is CC1CC1C(C)NC1CC2(CCC2)C1. The highest BCUT2D eigenvalue weighted by atomic mass is 15.0. The molecule has 80 valence electrons.